The predicted octanol–water partition coefficient (Wildman–Crippen LogP) is 2.01. The van der Waals surface area contributed by atoms with Crippen molar-refractivity contribution in [2.45, 2.75) is 50.3 Å². The second kappa shape index (κ2) is 11.3. The lowest BCUT2D eigenvalue weighted by Gasteiger charge is -2.23. The lowest BCUT2D eigenvalue weighted by atomic mass is 10.3. The molecule has 0 radical (unpaired) electrons. The highest BCUT2D eigenvalue weighted by atomic mass is 32.2. The number of Topliss-reactive ketones (excluding diaryl/α,β-unsaturated/α-hetero) is 2. The molecule has 0 amide bonds. The van der Waals surface area contributed by atoms with Crippen molar-refractivity contribution in [2.75, 3.05) is 11.5 Å². The maximum absolute atomic E-state index is 11.3. The van der Waals surface area contributed by atoms with E-state index in [1.807, 2.05) is 0 Å². The van der Waals surface area contributed by atoms with Crippen molar-refractivity contribution in [3.63, 3.8) is 0 Å². The van der Waals surface area contributed by atoms with Crippen molar-refractivity contribution < 1.29 is 9.59 Å². The van der Waals surface area contributed by atoms with Crippen molar-refractivity contribution in [2.24, 2.45) is 0 Å². The minimum atomic E-state index is -0.224. The van der Waals surface area contributed by atoms with E-state index in [0.717, 1.165) is 0 Å². The van der Waals surface area contributed by atoms with Gasteiger partial charge in [-0.25, -0.2) is 0 Å². The summed E-state index contributed by atoms with van der Waals surface area (Å²) < 4.78 is 6.28. The highest BCUT2D eigenvalue weighted by Crippen LogP contribution is 2.21. The molecule has 0 aromatic rings. The summed E-state index contributed by atoms with van der Waals surface area (Å²) in [6.07, 6.45) is 0. The van der Waals surface area contributed by atoms with Crippen molar-refractivity contribution in [1.82, 2.24) is 9.44 Å². The second-order valence-electron chi connectivity index (χ2n) is 4.57. The van der Waals surface area contributed by atoms with Gasteiger partial charge in [0, 0.05) is 22.0 Å². The van der Waals surface area contributed by atoms with Crippen LogP contribution >= 0.6 is 49.2 Å². The highest BCUT2D eigenvalue weighted by Gasteiger charge is 2.20. The number of hydrogen-bond donors (Lipinski definition) is 4. The average Bonchev–Trinajstić information content (AvgIpc) is 2.38. The normalized spacial score (nSPS) is 17.3. The molecule has 118 valence electrons. The fourth-order valence-electron chi connectivity index (χ4n) is 1.07. The lowest BCUT2D eigenvalue weighted by Crippen LogP contribution is -2.37. The lowest BCUT2D eigenvalue weighted by molar-refractivity contribution is -0.118. The molecule has 0 saturated heterocycles. The van der Waals surface area contributed by atoms with Crippen LogP contribution in [0.25, 0.3) is 0 Å². The van der Waals surface area contributed by atoms with Crippen molar-refractivity contribution >= 4 is 60.7 Å². The molecule has 0 saturated carbocycles. The van der Waals surface area contributed by atoms with Gasteiger partial charge in [-0.05, 0) is 13.8 Å². The van der Waals surface area contributed by atoms with E-state index in [0.29, 0.717) is 11.5 Å². The van der Waals surface area contributed by atoms with Crippen LogP contribution in [0.2, 0.25) is 0 Å². The van der Waals surface area contributed by atoms with Crippen LogP contribution in [0.15, 0.2) is 0 Å². The quantitative estimate of drug-likeness (QED) is 0.336. The molecule has 0 aromatic carbocycles. The SMILES string of the molecule is CC(=O)[C@H](CS)NSC(C)C(C)SN[C@@H](CS)C(C)=O. The zero-order chi connectivity index (χ0) is 15.7. The fraction of sp³-hybridized carbons (Fsp3) is 0.833. The van der Waals surface area contributed by atoms with Crippen molar-refractivity contribution in [3.8, 4) is 0 Å². The van der Waals surface area contributed by atoms with E-state index in [1.54, 1.807) is 13.8 Å². The zero-order valence-corrected chi connectivity index (χ0v) is 15.7. The molecule has 20 heavy (non-hydrogen) atoms. The van der Waals surface area contributed by atoms with Gasteiger partial charge in [0.1, 0.15) is 11.6 Å². The Morgan fingerprint density at radius 1 is 0.900 bits per heavy atom. The highest BCUT2D eigenvalue weighted by molar-refractivity contribution is 8.02. The molecule has 0 spiro atoms. The maximum atomic E-state index is 11.3. The predicted molar refractivity (Wildman–Crippen MR) is 97.0 cm³/mol. The van der Waals surface area contributed by atoms with Crippen LogP contribution < -0.4 is 9.44 Å². The van der Waals surface area contributed by atoms with E-state index in [2.05, 4.69) is 48.5 Å². The van der Waals surface area contributed by atoms with Crippen LogP contribution in [0.3, 0.4) is 0 Å². The van der Waals surface area contributed by atoms with Gasteiger partial charge in [0.25, 0.3) is 0 Å². The first-order valence-corrected chi connectivity index (χ1v) is 9.40. The number of hydrogen-bond acceptors (Lipinski definition) is 8. The summed E-state index contributed by atoms with van der Waals surface area (Å²) in [5, 5.41) is 0.559. The molecule has 0 heterocycles. The minimum Gasteiger partial charge on any atom is -0.298 e. The topological polar surface area (TPSA) is 58.2 Å². The summed E-state index contributed by atoms with van der Waals surface area (Å²) in [6, 6.07) is -0.447. The monoisotopic (exact) mass is 356 g/mol. The first kappa shape index (κ1) is 20.7. The minimum absolute atomic E-state index is 0.0878. The number of carbonyl (C=O) groups is 2. The van der Waals surface area contributed by atoms with Crippen molar-refractivity contribution in [3.05, 3.63) is 0 Å². The van der Waals surface area contributed by atoms with Crippen molar-refractivity contribution in [1.29, 1.82) is 0 Å². The largest absolute Gasteiger partial charge is 0.298 e. The Balaban J connectivity index is 4.11. The standard InChI is InChI=1S/C12H24N2O2S4/c1-7(15)11(5-17)13-19-9(3)10(4)20-14-12(6-18)8(2)16/h9-14,17-18H,5-6H2,1-4H3/t9?,10?,11-,12-/m0/s1. The Kier molecular flexibility index (Phi) is 11.6. The van der Waals surface area contributed by atoms with Gasteiger partial charge in [-0.3, -0.25) is 19.0 Å². The zero-order valence-electron chi connectivity index (χ0n) is 12.3. The van der Waals surface area contributed by atoms with E-state index in [9.17, 15) is 9.59 Å². The third kappa shape index (κ3) is 8.19. The van der Waals surface area contributed by atoms with Crippen LogP contribution in [0.4, 0.5) is 0 Å². The second-order valence-corrected chi connectivity index (χ2v) is 7.73. The molecule has 0 aliphatic rings. The first-order chi connectivity index (χ1) is 9.33. The van der Waals surface area contributed by atoms with E-state index in [4.69, 9.17) is 0 Å². The number of thiol groups is 2. The molecule has 0 aliphatic carbocycles. The Hall–Kier alpha value is 0.660. The molecular weight excluding hydrogens is 332 g/mol. The average molecular weight is 357 g/mol. The number of ketones is 2. The Bertz CT molecular complexity index is 288. The van der Waals surface area contributed by atoms with Crippen LogP contribution in [-0.4, -0.2) is 45.7 Å². The van der Waals surface area contributed by atoms with E-state index >= 15 is 0 Å². The van der Waals surface area contributed by atoms with Crippen LogP contribution in [0.5, 0.6) is 0 Å². The molecule has 0 bridgehead atoms. The van der Waals surface area contributed by atoms with E-state index in [1.165, 1.54) is 23.9 Å². The molecule has 0 aromatic heterocycles. The van der Waals surface area contributed by atoms with Gasteiger partial charge in [-0.1, -0.05) is 37.7 Å². The third-order valence-electron chi connectivity index (χ3n) is 2.80. The first-order valence-electron chi connectivity index (χ1n) is 6.38. The van der Waals surface area contributed by atoms with Crippen LogP contribution in [-0.2, 0) is 9.59 Å². The van der Waals surface area contributed by atoms with Crippen LogP contribution in [0.1, 0.15) is 27.7 Å². The molecule has 4 nitrogen and oxygen atoms in total. The van der Waals surface area contributed by atoms with Gasteiger partial charge in [0.15, 0.2) is 0 Å². The molecule has 2 unspecified atom stereocenters. The van der Waals surface area contributed by atoms with Gasteiger partial charge >= 0.3 is 0 Å². The smallest absolute Gasteiger partial charge is 0.148 e. The molecule has 8 heteroatoms. The van der Waals surface area contributed by atoms with Gasteiger partial charge < -0.3 is 0 Å². The molecule has 0 fully saturated rings. The molecule has 0 aliphatic heterocycles. The summed E-state index contributed by atoms with van der Waals surface area (Å²) in [4.78, 5) is 22.6. The number of rotatable bonds is 11. The summed E-state index contributed by atoms with van der Waals surface area (Å²) in [5.41, 5.74) is 0. The fourth-order valence-corrected chi connectivity index (χ4v) is 3.99. The summed E-state index contributed by atoms with van der Waals surface area (Å²) >= 11 is 11.4. The molecule has 4 atom stereocenters. The third-order valence-corrected chi connectivity index (χ3v) is 6.10. The molecular formula is C12H24N2O2S4. The van der Waals surface area contributed by atoms with Crippen LogP contribution in [0, 0.1) is 0 Å². The molecule has 0 rings (SSSR count). The maximum Gasteiger partial charge on any atom is 0.148 e. The Labute approximate surface area is 141 Å². The number of nitrogens with one attached hydrogen (secondary N) is 2. The Morgan fingerprint density at radius 2 is 1.20 bits per heavy atom. The summed E-state index contributed by atoms with van der Waals surface area (Å²) in [6.45, 7) is 7.28. The van der Waals surface area contributed by atoms with Gasteiger partial charge in [0.05, 0.1) is 12.1 Å². The van der Waals surface area contributed by atoms with E-state index < -0.39 is 0 Å². The summed E-state index contributed by atoms with van der Waals surface area (Å²) in [7, 11) is 0. The van der Waals surface area contributed by atoms with Gasteiger partial charge in [-0.15, -0.1) is 0 Å². The summed E-state index contributed by atoms with van der Waals surface area (Å²) in [5.74, 6) is 1.15. The Morgan fingerprint density at radius 3 is 1.40 bits per heavy atom. The van der Waals surface area contributed by atoms with Gasteiger partial charge in [-0.2, -0.15) is 25.3 Å². The molecule has 2 N–H and O–H groups in total. The van der Waals surface area contributed by atoms with E-state index in [-0.39, 0.29) is 34.2 Å². The van der Waals surface area contributed by atoms with Gasteiger partial charge in [0.2, 0.25) is 0 Å². The number of carbonyl (C=O) groups excluding carboxylic acids is 2.